The number of hydrogen-bond donors (Lipinski definition) is 0. The molecule has 0 saturated heterocycles. The van der Waals surface area contributed by atoms with Crippen molar-refractivity contribution in [2.24, 2.45) is 5.92 Å². The molecule has 0 amide bonds. The Balaban J connectivity index is 4.37. The maximum Gasteiger partial charge on any atom is 0.309 e. The van der Waals surface area contributed by atoms with Gasteiger partial charge in [-0.15, -0.1) is 0 Å². The number of likely N-dealkylation sites (N-methyl/N-ethyl adjacent to an activating group) is 1. The summed E-state index contributed by atoms with van der Waals surface area (Å²) in [7, 11) is 1.36. The van der Waals surface area contributed by atoms with Crippen molar-refractivity contribution in [2.75, 3.05) is 54.1 Å². The number of phosphoric acid groups is 1. The second-order valence-electron chi connectivity index (χ2n) is 15.5. The highest BCUT2D eigenvalue weighted by molar-refractivity contribution is 7.45. The molecule has 0 rings (SSSR count). The van der Waals surface area contributed by atoms with Gasteiger partial charge in [-0.05, 0) is 12.8 Å². The molecule has 0 N–H and O–H groups in total. The first-order valence-corrected chi connectivity index (χ1v) is 22.2. The molecule has 0 aromatic carbocycles. The van der Waals surface area contributed by atoms with Crippen LogP contribution in [0.1, 0.15) is 188 Å². The maximum atomic E-state index is 12.9. The van der Waals surface area contributed by atoms with Gasteiger partial charge in [-0.2, -0.15) is 0 Å². The summed E-state index contributed by atoms with van der Waals surface area (Å²) < 4.78 is 34.7. The standard InChI is InChI=1S/C40H82NO7P/c1-7-9-11-13-15-17-19-20-21-23-25-27-29-31-34-45-36-39(37-47-49(43,44)46-35-33-41(4,5)6)48-40(42)38(3)32-30-28-26-24-22-18-16-14-12-10-8-2/h38-39H,7-37H2,1-6H3/t38-,39+/m0/s1. The van der Waals surface area contributed by atoms with E-state index in [0.717, 1.165) is 32.1 Å². The summed E-state index contributed by atoms with van der Waals surface area (Å²) in [6.07, 6.45) is 32.0. The van der Waals surface area contributed by atoms with Crippen molar-refractivity contribution in [3.8, 4) is 0 Å². The monoisotopic (exact) mass is 720 g/mol. The summed E-state index contributed by atoms with van der Waals surface area (Å²) in [5.41, 5.74) is 0. The lowest BCUT2D eigenvalue weighted by Crippen LogP contribution is -2.37. The molecule has 49 heavy (non-hydrogen) atoms. The molecule has 0 aliphatic heterocycles. The topological polar surface area (TPSA) is 94.1 Å². The molecule has 0 bridgehead atoms. The van der Waals surface area contributed by atoms with Gasteiger partial charge in [0.1, 0.15) is 19.3 Å². The molecule has 1 unspecified atom stereocenters. The van der Waals surface area contributed by atoms with E-state index < -0.39 is 13.9 Å². The summed E-state index contributed by atoms with van der Waals surface area (Å²) in [5.74, 6) is -0.584. The lowest BCUT2D eigenvalue weighted by Gasteiger charge is -2.28. The van der Waals surface area contributed by atoms with Crippen molar-refractivity contribution in [1.29, 1.82) is 0 Å². The molecule has 0 aromatic heterocycles. The van der Waals surface area contributed by atoms with Gasteiger partial charge in [-0.25, -0.2) is 0 Å². The molecule has 0 aliphatic carbocycles. The molecule has 294 valence electrons. The normalized spacial score (nSPS) is 14.5. The second kappa shape index (κ2) is 33.3. The quantitative estimate of drug-likeness (QED) is 0.0271. The van der Waals surface area contributed by atoms with Gasteiger partial charge in [0.15, 0.2) is 0 Å². The number of hydrogen-bond acceptors (Lipinski definition) is 7. The van der Waals surface area contributed by atoms with Crippen LogP contribution in [0.15, 0.2) is 0 Å². The fraction of sp³-hybridized carbons (Fsp3) is 0.975. The Labute approximate surface area is 304 Å². The van der Waals surface area contributed by atoms with E-state index in [-0.39, 0.29) is 31.7 Å². The van der Waals surface area contributed by atoms with Gasteiger partial charge in [0.25, 0.3) is 7.82 Å². The molecule has 0 saturated carbocycles. The fourth-order valence-corrected chi connectivity index (χ4v) is 6.61. The Hall–Kier alpha value is -0.500. The van der Waals surface area contributed by atoms with Gasteiger partial charge >= 0.3 is 5.97 Å². The van der Waals surface area contributed by atoms with Crippen LogP contribution in [-0.2, 0) is 27.9 Å². The molecular weight excluding hydrogens is 637 g/mol. The van der Waals surface area contributed by atoms with Crippen LogP contribution in [0, 0.1) is 5.92 Å². The van der Waals surface area contributed by atoms with Crippen LogP contribution in [0.5, 0.6) is 0 Å². The summed E-state index contributed by atoms with van der Waals surface area (Å²) in [5, 5.41) is 0. The molecule has 0 radical (unpaired) electrons. The van der Waals surface area contributed by atoms with Crippen LogP contribution in [0.3, 0.4) is 0 Å². The molecular formula is C40H82NO7P. The van der Waals surface area contributed by atoms with Crippen molar-refractivity contribution >= 4 is 13.8 Å². The largest absolute Gasteiger partial charge is 0.756 e. The van der Waals surface area contributed by atoms with Crippen LogP contribution in [0.4, 0.5) is 0 Å². The van der Waals surface area contributed by atoms with Crippen LogP contribution >= 0.6 is 7.82 Å². The minimum absolute atomic E-state index is 0.0281. The lowest BCUT2D eigenvalue weighted by atomic mass is 10.0. The maximum absolute atomic E-state index is 12.9. The Kier molecular flexibility index (Phi) is 33.0. The van der Waals surface area contributed by atoms with E-state index in [1.165, 1.54) is 135 Å². The highest BCUT2D eigenvalue weighted by atomic mass is 31.2. The van der Waals surface area contributed by atoms with Crippen LogP contribution < -0.4 is 4.89 Å². The van der Waals surface area contributed by atoms with E-state index in [2.05, 4.69) is 13.8 Å². The van der Waals surface area contributed by atoms with E-state index >= 15 is 0 Å². The first-order chi connectivity index (χ1) is 23.5. The van der Waals surface area contributed by atoms with Gasteiger partial charge in [0.05, 0.1) is 40.3 Å². The zero-order valence-corrected chi connectivity index (χ0v) is 34.2. The average molecular weight is 720 g/mol. The third-order valence-corrected chi connectivity index (χ3v) is 10.3. The fourth-order valence-electron chi connectivity index (χ4n) is 5.88. The molecule has 0 aromatic rings. The van der Waals surface area contributed by atoms with Gasteiger partial charge in [-0.1, -0.05) is 175 Å². The van der Waals surface area contributed by atoms with Crippen molar-refractivity contribution in [1.82, 2.24) is 0 Å². The number of carbonyl (C=O) groups is 1. The average Bonchev–Trinajstić information content (AvgIpc) is 3.04. The number of quaternary nitrogens is 1. The predicted molar refractivity (Wildman–Crippen MR) is 204 cm³/mol. The smallest absolute Gasteiger partial charge is 0.309 e. The summed E-state index contributed by atoms with van der Waals surface area (Å²) in [6, 6.07) is 0. The summed E-state index contributed by atoms with van der Waals surface area (Å²) in [6.45, 7) is 7.31. The zero-order chi connectivity index (χ0) is 36.5. The van der Waals surface area contributed by atoms with Gasteiger partial charge in [0, 0.05) is 6.61 Å². The minimum atomic E-state index is -4.52. The van der Waals surface area contributed by atoms with Gasteiger partial charge in [-0.3, -0.25) is 9.36 Å². The number of rotatable bonds is 38. The minimum Gasteiger partial charge on any atom is -0.756 e. The third kappa shape index (κ3) is 35.7. The van der Waals surface area contributed by atoms with E-state index in [4.69, 9.17) is 18.5 Å². The molecule has 0 spiro atoms. The summed E-state index contributed by atoms with van der Waals surface area (Å²) in [4.78, 5) is 25.3. The molecule has 0 aliphatic rings. The van der Waals surface area contributed by atoms with Crippen LogP contribution in [-0.4, -0.2) is 70.7 Å². The number of ether oxygens (including phenoxy) is 2. The molecule has 8 nitrogen and oxygen atoms in total. The second-order valence-corrected chi connectivity index (χ2v) is 17.0. The number of unbranched alkanes of at least 4 members (excludes halogenated alkanes) is 23. The van der Waals surface area contributed by atoms with Crippen LogP contribution in [0.25, 0.3) is 0 Å². The zero-order valence-electron chi connectivity index (χ0n) is 33.3. The van der Waals surface area contributed by atoms with E-state index in [9.17, 15) is 14.3 Å². The van der Waals surface area contributed by atoms with Gasteiger partial charge < -0.3 is 27.9 Å². The predicted octanol–water partition coefficient (Wildman–Crippen LogP) is 10.9. The first-order valence-electron chi connectivity index (χ1n) is 20.7. The van der Waals surface area contributed by atoms with Crippen molar-refractivity contribution < 1.29 is 37.3 Å². The number of nitrogens with zero attached hydrogens (tertiary/aromatic N) is 1. The lowest BCUT2D eigenvalue weighted by molar-refractivity contribution is -0.870. The van der Waals surface area contributed by atoms with Crippen LogP contribution in [0.2, 0.25) is 0 Å². The SMILES string of the molecule is CCCCCCCCCCCCCCCCOC[C@H](COP(=O)([O-])OCC[N+](C)(C)C)OC(=O)[C@@H](C)CCCCCCCCCCCCC. The third-order valence-electron chi connectivity index (χ3n) is 9.30. The Bertz CT molecular complexity index is 776. The number of carbonyl (C=O) groups excluding carboxylic acids is 1. The molecule has 3 atom stereocenters. The Morgan fingerprint density at radius 1 is 0.592 bits per heavy atom. The van der Waals surface area contributed by atoms with E-state index in [0.29, 0.717) is 17.6 Å². The number of phosphoric ester groups is 1. The molecule has 0 heterocycles. The van der Waals surface area contributed by atoms with E-state index in [1.807, 2.05) is 28.1 Å². The van der Waals surface area contributed by atoms with Gasteiger partial charge in [0.2, 0.25) is 0 Å². The van der Waals surface area contributed by atoms with Crippen molar-refractivity contribution in [2.45, 2.75) is 194 Å². The Morgan fingerprint density at radius 2 is 1.00 bits per heavy atom. The highest BCUT2D eigenvalue weighted by Crippen LogP contribution is 2.38. The highest BCUT2D eigenvalue weighted by Gasteiger charge is 2.23. The summed E-state index contributed by atoms with van der Waals surface area (Å²) >= 11 is 0. The number of esters is 1. The first kappa shape index (κ1) is 48.5. The Morgan fingerprint density at radius 3 is 1.43 bits per heavy atom. The molecule has 9 heteroatoms. The molecule has 0 fully saturated rings. The van der Waals surface area contributed by atoms with Crippen molar-refractivity contribution in [3.05, 3.63) is 0 Å². The van der Waals surface area contributed by atoms with E-state index in [1.54, 1.807) is 0 Å². The van der Waals surface area contributed by atoms with Crippen molar-refractivity contribution in [3.63, 3.8) is 0 Å².